The Morgan fingerprint density at radius 1 is 0.933 bits per heavy atom. The maximum Gasteiger partial charge on any atom is 0.322 e. The summed E-state index contributed by atoms with van der Waals surface area (Å²) in [5.41, 5.74) is -1.22. The molecule has 1 aliphatic carbocycles. The van der Waals surface area contributed by atoms with Crippen molar-refractivity contribution in [1.29, 1.82) is 0 Å². The standard InChI is InChI=1S/C24H22FNO4/c1-23(2)21(30-18-14-12-16(25)13-15-18)24(23,22(27)28-3)19-10-7-11-20(26-19)29-17-8-5-4-6-9-17/h4-15,21H,1-3H3. The van der Waals surface area contributed by atoms with Crippen molar-refractivity contribution < 1.29 is 23.4 Å². The number of pyridine rings is 1. The third kappa shape index (κ3) is 3.18. The second-order valence-electron chi connectivity index (χ2n) is 7.75. The predicted octanol–water partition coefficient (Wildman–Crippen LogP) is 4.91. The van der Waals surface area contributed by atoms with Gasteiger partial charge in [0.25, 0.3) is 0 Å². The van der Waals surface area contributed by atoms with E-state index in [0.717, 1.165) is 0 Å². The number of rotatable bonds is 6. The predicted molar refractivity (Wildman–Crippen MR) is 109 cm³/mol. The molecule has 1 fully saturated rings. The first-order chi connectivity index (χ1) is 14.4. The van der Waals surface area contributed by atoms with Crippen LogP contribution in [-0.4, -0.2) is 24.2 Å². The quantitative estimate of drug-likeness (QED) is 0.544. The summed E-state index contributed by atoms with van der Waals surface area (Å²) in [6.45, 7) is 3.84. The Balaban J connectivity index is 1.70. The molecule has 0 spiro atoms. The topological polar surface area (TPSA) is 57.7 Å². The van der Waals surface area contributed by atoms with Crippen molar-refractivity contribution in [2.24, 2.45) is 5.41 Å². The normalized spacial score (nSPS) is 21.5. The molecule has 3 aromatic rings. The second kappa shape index (κ2) is 7.44. The van der Waals surface area contributed by atoms with Gasteiger partial charge in [0.05, 0.1) is 12.8 Å². The van der Waals surface area contributed by atoms with E-state index in [4.69, 9.17) is 14.2 Å². The van der Waals surface area contributed by atoms with Gasteiger partial charge in [0, 0.05) is 11.5 Å². The van der Waals surface area contributed by atoms with Gasteiger partial charge in [-0.2, -0.15) is 0 Å². The maximum absolute atomic E-state index is 13.3. The molecular weight excluding hydrogens is 385 g/mol. The number of aromatic nitrogens is 1. The van der Waals surface area contributed by atoms with Crippen LogP contribution in [-0.2, 0) is 14.9 Å². The van der Waals surface area contributed by atoms with Crippen molar-refractivity contribution in [2.45, 2.75) is 25.4 Å². The van der Waals surface area contributed by atoms with Crippen LogP contribution in [0.4, 0.5) is 4.39 Å². The summed E-state index contributed by atoms with van der Waals surface area (Å²) in [6.07, 6.45) is -0.539. The molecule has 2 unspecified atom stereocenters. The van der Waals surface area contributed by atoms with Crippen LogP contribution in [0.15, 0.2) is 72.8 Å². The van der Waals surface area contributed by atoms with Crippen molar-refractivity contribution in [1.82, 2.24) is 4.98 Å². The van der Waals surface area contributed by atoms with E-state index in [1.807, 2.05) is 44.2 Å². The zero-order chi connectivity index (χ0) is 21.4. The Morgan fingerprint density at radius 3 is 2.30 bits per heavy atom. The van der Waals surface area contributed by atoms with Crippen LogP contribution < -0.4 is 9.47 Å². The molecule has 1 heterocycles. The Hall–Kier alpha value is -3.41. The Kier molecular flexibility index (Phi) is 4.94. The number of carbonyl (C=O) groups excluding carboxylic acids is 1. The molecule has 0 radical (unpaired) electrons. The van der Waals surface area contributed by atoms with E-state index in [1.54, 1.807) is 18.2 Å². The van der Waals surface area contributed by atoms with Gasteiger partial charge < -0.3 is 14.2 Å². The van der Waals surface area contributed by atoms with Crippen molar-refractivity contribution in [3.8, 4) is 17.4 Å². The fourth-order valence-electron chi connectivity index (χ4n) is 4.00. The summed E-state index contributed by atoms with van der Waals surface area (Å²) in [5.74, 6) is 0.679. The Bertz CT molecular complexity index is 1050. The molecular formula is C24H22FNO4. The van der Waals surface area contributed by atoms with E-state index < -0.39 is 22.9 Å². The lowest BCUT2D eigenvalue weighted by molar-refractivity contribution is -0.145. The molecule has 2 atom stereocenters. The monoisotopic (exact) mass is 407 g/mol. The van der Waals surface area contributed by atoms with E-state index in [9.17, 15) is 9.18 Å². The fraction of sp³-hybridized carbons (Fsp3) is 0.250. The smallest absolute Gasteiger partial charge is 0.322 e. The summed E-state index contributed by atoms with van der Waals surface area (Å²) in [5, 5.41) is 0. The van der Waals surface area contributed by atoms with Gasteiger partial charge in [-0.05, 0) is 42.5 Å². The van der Waals surface area contributed by atoms with E-state index in [2.05, 4.69) is 4.98 Å². The molecule has 0 bridgehead atoms. The molecule has 5 nitrogen and oxygen atoms in total. The molecule has 154 valence electrons. The third-order valence-electron chi connectivity index (χ3n) is 5.65. The fourth-order valence-corrected chi connectivity index (χ4v) is 4.00. The lowest BCUT2D eigenvalue weighted by atomic mass is 9.91. The molecule has 6 heteroatoms. The van der Waals surface area contributed by atoms with Gasteiger partial charge in [0.15, 0.2) is 5.41 Å². The van der Waals surface area contributed by atoms with Crippen molar-refractivity contribution >= 4 is 5.97 Å². The minimum Gasteiger partial charge on any atom is -0.488 e. The van der Waals surface area contributed by atoms with Gasteiger partial charge >= 0.3 is 5.97 Å². The first-order valence-electron chi connectivity index (χ1n) is 9.60. The van der Waals surface area contributed by atoms with Crippen molar-refractivity contribution in [3.05, 3.63) is 84.3 Å². The number of esters is 1. The van der Waals surface area contributed by atoms with Gasteiger partial charge in [-0.15, -0.1) is 0 Å². The highest BCUT2D eigenvalue weighted by Gasteiger charge is 2.80. The SMILES string of the molecule is COC(=O)C1(c2cccc(Oc3ccccc3)n2)C(Oc2ccc(F)cc2)C1(C)C. The zero-order valence-corrected chi connectivity index (χ0v) is 17.0. The molecule has 1 saturated carbocycles. The van der Waals surface area contributed by atoms with Crippen molar-refractivity contribution in [3.63, 3.8) is 0 Å². The average molecular weight is 407 g/mol. The highest BCUT2D eigenvalue weighted by molar-refractivity contribution is 5.90. The van der Waals surface area contributed by atoms with Gasteiger partial charge in [-0.3, -0.25) is 4.79 Å². The Morgan fingerprint density at radius 2 is 1.63 bits per heavy atom. The molecule has 0 saturated heterocycles. The van der Waals surface area contributed by atoms with Gasteiger partial charge in [0.2, 0.25) is 5.88 Å². The number of benzene rings is 2. The highest BCUT2D eigenvalue weighted by Crippen LogP contribution is 2.66. The number of methoxy groups -OCH3 is 1. The minimum absolute atomic E-state index is 0.357. The van der Waals surface area contributed by atoms with E-state index in [1.165, 1.54) is 31.4 Å². The lowest BCUT2D eigenvalue weighted by Gasteiger charge is -2.17. The van der Waals surface area contributed by atoms with Gasteiger partial charge in [-0.25, -0.2) is 9.37 Å². The number of carbonyl (C=O) groups is 1. The van der Waals surface area contributed by atoms with Crippen LogP contribution in [0.25, 0.3) is 0 Å². The number of ether oxygens (including phenoxy) is 3. The van der Waals surface area contributed by atoms with Crippen molar-refractivity contribution in [2.75, 3.05) is 7.11 Å². The molecule has 1 aromatic heterocycles. The molecule has 2 aromatic carbocycles. The van der Waals surface area contributed by atoms with E-state index >= 15 is 0 Å². The van der Waals surface area contributed by atoms with Crippen LogP contribution in [0.3, 0.4) is 0 Å². The van der Waals surface area contributed by atoms with Crippen LogP contribution in [0.1, 0.15) is 19.5 Å². The largest absolute Gasteiger partial charge is 0.488 e. The summed E-state index contributed by atoms with van der Waals surface area (Å²) in [6, 6.07) is 20.3. The number of nitrogens with zero attached hydrogens (tertiary/aromatic N) is 1. The van der Waals surface area contributed by atoms with Gasteiger partial charge in [0.1, 0.15) is 23.4 Å². The lowest BCUT2D eigenvalue weighted by Crippen LogP contribution is -2.31. The number of hydrogen-bond acceptors (Lipinski definition) is 5. The van der Waals surface area contributed by atoms with E-state index in [0.29, 0.717) is 23.1 Å². The number of para-hydroxylation sites is 1. The third-order valence-corrected chi connectivity index (χ3v) is 5.65. The summed E-state index contributed by atoms with van der Waals surface area (Å²) in [4.78, 5) is 17.6. The number of hydrogen-bond donors (Lipinski definition) is 0. The highest BCUT2D eigenvalue weighted by atomic mass is 19.1. The maximum atomic E-state index is 13.3. The molecule has 0 N–H and O–H groups in total. The average Bonchev–Trinajstić information content (AvgIpc) is 3.25. The Labute approximate surface area is 174 Å². The molecule has 4 rings (SSSR count). The molecule has 30 heavy (non-hydrogen) atoms. The van der Waals surface area contributed by atoms with Gasteiger partial charge in [-0.1, -0.05) is 38.1 Å². The van der Waals surface area contributed by atoms with Crippen LogP contribution >= 0.6 is 0 Å². The molecule has 0 amide bonds. The molecule has 0 aliphatic heterocycles. The van der Waals surface area contributed by atoms with E-state index in [-0.39, 0.29) is 5.82 Å². The summed E-state index contributed by atoms with van der Waals surface area (Å²) in [7, 11) is 1.34. The van der Waals surface area contributed by atoms with Crippen LogP contribution in [0.2, 0.25) is 0 Å². The number of halogens is 1. The van der Waals surface area contributed by atoms with Crippen LogP contribution in [0.5, 0.6) is 17.4 Å². The van der Waals surface area contributed by atoms with Crippen LogP contribution in [0, 0.1) is 11.2 Å². The minimum atomic E-state index is -1.12. The first kappa shape index (κ1) is 19.9. The zero-order valence-electron chi connectivity index (χ0n) is 17.0. The first-order valence-corrected chi connectivity index (χ1v) is 9.60. The second-order valence-corrected chi connectivity index (χ2v) is 7.75. The summed E-state index contributed by atoms with van der Waals surface area (Å²) >= 11 is 0. The summed E-state index contributed by atoms with van der Waals surface area (Å²) < 4.78 is 30.4. The molecule has 1 aliphatic rings.